The van der Waals surface area contributed by atoms with Gasteiger partial charge in [0.05, 0.1) is 10.8 Å². The van der Waals surface area contributed by atoms with Crippen LogP contribution in [-0.4, -0.2) is 0 Å². The zero-order valence-electron chi connectivity index (χ0n) is 36.8. The highest BCUT2D eigenvalue weighted by molar-refractivity contribution is 6.10. The summed E-state index contributed by atoms with van der Waals surface area (Å²) in [6, 6.07) is 97.7. The van der Waals surface area contributed by atoms with Crippen molar-refractivity contribution in [1.82, 2.24) is 0 Å². The normalized spacial score (nSPS) is 15.3. The summed E-state index contributed by atoms with van der Waals surface area (Å²) in [6.07, 6.45) is 0. The fraction of sp³-hybridized carbons (Fsp3) is 0.0303. The highest BCUT2D eigenvalue weighted by atomic mass is 15.1. The second kappa shape index (κ2) is 14.5. The number of fused-ring (bicyclic) bond motifs is 12. The molecule has 11 aromatic carbocycles. The lowest BCUT2D eigenvalue weighted by Gasteiger charge is -2.41. The third kappa shape index (κ3) is 5.14. The topological polar surface area (TPSA) is 3.24 Å². The first kappa shape index (κ1) is 37.8. The Kier molecular flexibility index (Phi) is 8.18. The molecule has 1 atom stereocenters. The van der Waals surface area contributed by atoms with Gasteiger partial charge in [0.25, 0.3) is 0 Å². The van der Waals surface area contributed by atoms with E-state index in [1.165, 1.54) is 99.8 Å². The molecule has 0 saturated heterocycles. The van der Waals surface area contributed by atoms with Gasteiger partial charge in [-0.15, -0.1) is 0 Å². The molecule has 14 rings (SSSR count). The summed E-state index contributed by atoms with van der Waals surface area (Å²) in [6.45, 7) is 0. The first-order chi connectivity index (χ1) is 33.3. The van der Waals surface area contributed by atoms with Gasteiger partial charge in [-0.3, -0.25) is 0 Å². The summed E-state index contributed by atoms with van der Waals surface area (Å²) >= 11 is 0. The quantitative estimate of drug-likeness (QED) is 0.161. The van der Waals surface area contributed by atoms with Crippen LogP contribution >= 0.6 is 0 Å². The van der Waals surface area contributed by atoms with E-state index in [4.69, 9.17) is 0 Å². The van der Waals surface area contributed by atoms with Crippen molar-refractivity contribution in [2.24, 2.45) is 0 Å². The lowest BCUT2D eigenvalue weighted by atomic mass is 9.60. The van der Waals surface area contributed by atoms with Gasteiger partial charge < -0.3 is 4.90 Å². The molecule has 0 aromatic heterocycles. The third-order valence-electron chi connectivity index (χ3n) is 15.1. The van der Waals surface area contributed by atoms with Crippen LogP contribution in [0, 0.1) is 0 Å². The monoisotopic (exact) mass is 849 g/mol. The summed E-state index contributed by atoms with van der Waals surface area (Å²) in [5, 5.41) is 2.58. The fourth-order valence-corrected chi connectivity index (χ4v) is 12.6. The maximum atomic E-state index is 2.53. The van der Waals surface area contributed by atoms with E-state index in [1.54, 1.807) is 0 Å². The molecule has 0 saturated carbocycles. The SMILES string of the molecule is c1ccc(-c2ccc3cccc4c3c2C2(c3ccccc3-c3ccc(N(c5ccccc5)c5ccc6c(c5)C(c5ccccc5)(c5ccccc5)c5ccccc5-6)cc32)c2ccccc2-4)cc1. The lowest BCUT2D eigenvalue weighted by Crippen LogP contribution is -2.32. The van der Waals surface area contributed by atoms with Crippen molar-refractivity contribution in [3.63, 3.8) is 0 Å². The van der Waals surface area contributed by atoms with Crippen molar-refractivity contribution < 1.29 is 0 Å². The Morgan fingerprint density at radius 2 is 0.672 bits per heavy atom. The fourth-order valence-electron chi connectivity index (χ4n) is 12.6. The minimum Gasteiger partial charge on any atom is -0.310 e. The van der Waals surface area contributed by atoms with Crippen LogP contribution in [0.3, 0.4) is 0 Å². The molecule has 0 fully saturated rings. The predicted molar refractivity (Wildman–Crippen MR) is 278 cm³/mol. The van der Waals surface area contributed by atoms with Crippen molar-refractivity contribution in [2.45, 2.75) is 10.8 Å². The Morgan fingerprint density at radius 3 is 1.24 bits per heavy atom. The van der Waals surface area contributed by atoms with Crippen LogP contribution in [0.5, 0.6) is 0 Å². The summed E-state index contributed by atoms with van der Waals surface area (Å²) < 4.78 is 0. The van der Waals surface area contributed by atoms with Crippen LogP contribution in [-0.2, 0) is 10.8 Å². The van der Waals surface area contributed by atoms with Gasteiger partial charge in [0.2, 0.25) is 0 Å². The number of anilines is 3. The first-order valence-electron chi connectivity index (χ1n) is 23.4. The molecular formula is C66H43N. The van der Waals surface area contributed by atoms with Crippen molar-refractivity contribution in [3.8, 4) is 44.5 Å². The maximum absolute atomic E-state index is 2.53. The van der Waals surface area contributed by atoms with Crippen LogP contribution < -0.4 is 4.90 Å². The number of para-hydroxylation sites is 1. The Hall–Kier alpha value is -8.52. The molecule has 3 aliphatic carbocycles. The van der Waals surface area contributed by atoms with E-state index in [0.29, 0.717) is 0 Å². The van der Waals surface area contributed by atoms with Gasteiger partial charge in [-0.25, -0.2) is 0 Å². The molecule has 1 nitrogen and oxygen atoms in total. The summed E-state index contributed by atoms with van der Waals surface area (Å²) in [4.78, 5) is 2.49. The minimum absolute atomic E-state index is 0.526. The molecule has 0 bridgehead atoms. The van der Waals surface area contributed by atoms with E-state index >= 15 is 0 Å². The minimum atomic E-state index is -0.616. The second-order valence-electron chi connectivity index (χ2n) is 18.3. The Labute approximate surface area is 391 Å². The highest BCUT2D eigenvalue weighted by Crippen LogP contribution is 2.64. The molecule has 1 unspecified atom stereocenters. The average molecular weight is 850 g/mol. The molecule has 0 heterocycles. The summed E-state index contributed by atoms with van der Waals surface area (Å²) in [5.74, 6) is 0. The zero-order valence-corrected chi connectivity index (χ0v) is 36.8. The van der Waals surface area contributed by atoms with Crippen LogP contribution in [0.25, 0.3) is 55.3 Å². The summed E-state index contributed by atoms with van der Waals surface area (Å²) in [5.41, 5.74) is 22.8. The average Bonchev–Trinajstić information content (AvgIpc) is 3.86. The van der Waals surface area contributed by atoms with E-state index in [9.17, 15) is 0 Å². The number of hydrogen-bond donors (Lipinski definition) is 0. The van der Waals surface area contributed by atoms with Gasteiger partial charge in [0.15, 0.2) is 0 Å². The zero-order chi connectivity index (χ0) is 44.1. The van der Waals surface area contributed by atoms with E-state index in [-0.39, 0.29) is 0 Å². The van der Waals surface area contributed by atoms with E-state index < -0.39 is 10.8 Å². The smallest absolute Gasteiger partial charge is 0.0732 e. The van der Waals surface area contributed by atoms with Gasteiger partial charge in [0.1, 0.15) is 0 Å². The molecule has 0 N–H and O–H groups in total. The van der Waals surface area contributed by atoms with Crippen molar-refractivity contribution in [2.75, 3.05) is 4.90 Å². The highest BCUT2D eigenvalue weighted by Gasteiger charge is 2.52. The summed E-state index contributed by atoms with van der Waals surface area (Å²) in [7, 11) is 0. The molecule has 1 spiro atoms. The van der Waals surface area contributed by atoms with E-state index in [2.05, 4.69) is 266 Å². The number of rotatable bonds is 6. The molecule has 67 heavy (non-hydrogen) atoms. The van der Waals surface area contributed by atoms with Crippen LogP contribution in [0.1, 0.15) is 44.5 Å². The van der Waals surface area contributed by atoms with E-state index in [0.717, 1.165) is 17.1 Å². The van der Waals surface area contributed by atoms with E-state index in [1.807, 2.05) is 0 Å². The molecule has 0 aliphatic heterocycles. The lowest BCUT2D eigenvalue weighted by molar-refractivity contribution is 0.768. The van der Waals surface area contributed by atoms with Crippen LogP contribution in [0.4, 0.5) is 17.1 Å². The van der Waals surface area contributed by atoms with Gasteiger partial charge in [0, 0.05) is 17.1 Å². The Morgan fingerprint density at radius 1 is 0.254 bits per heavy atom. The molecule has 3 aliphatic rings. The molecule has 11 aromatic rings. The number of hydrogen-bond acceptors (Lipinski definition) is 1. The van der Waals surface area contributed by atoms with Crippen LogP contribution in [0.15, 0.2) is 261 Å². The first-order valence-corrected chi connectivity index (χ1v) is 23.4. The van der Waals surface area contributed by atoms with Gasteiger partial charge in [-0.2, -0.15) is 0 Å². The molecule has 0 amide bonds. The van der Waals surface area contributed by atoms with Crippen molar-refractivity contribution in [3.05, 3.63) is 305 Å². The van der Waals surface area contributed by atoms with Gasteiger partial charge in [-0.05, 0) is 136 Å². The third-order valence-corrected chi connectivity index (χ3v) is 15.1. The molecular weight excluding hydrogens is 807 g/mol. The predicted octanol–water partition coefficient (Wildman–Crippen LogP) is 16.7. The van der Waals surface area contributed by atoms with Gasteiger partial charge in [-0.1, -0.05) is 224 Å². The largest absolute Gasteiger partial charge is 0.310 e. The standard InChI is InChI=1S/C66H43N/c1-5-20-44(21-6-1)51-39-36-45-22-19-32-57-54-31-15-18-35-60(54)66(64(51)63(45)57)59-34-17-14-30-53(59)56-41-38-50(43-62(56)66)67(48-27-11-4-12-28-48)49-37-40-55-52-29-13-16-33-58(52)65(61(55)42-49,46-23-7-2-8-24-46)47-25-9-3-10-26-47/h1-43H. The van der Waals surface area contributed by atoms with Crippen molar-refractivity contribution >= 4 is 27.8 Å². The van der Waals surface area contributed by atoms with Crippen molar-refractivity contribution in [1.29, 1.82) is 0 Å². The Balaban J connectivity index is 1.07. The molecule has 312 valence electrons. The van der Waals surface area contributed by atoms with Gasteiger partial charge >= 0.3 is 0 Å². The number of benzene rings is 11. The van der Waals surface area contributed by atoms with Crippen LogP contribution in [0.2, 0.25) is 0 Å². The maximum Gasteiger partial charge on any atom is 0.0732 e. The number of nitrogens with zero attached hydrogens (tertiary/aromatic N) is 1. The second-order valence-corrected chi connectivity index (χ2v) is 18.3. The molecule has 0 radical (unpaired) electrons. The Bertz CT molecular complexity index is 3700. The molecule has 1 heteroatoms.